The average Bonchev–Trinajstić information content (AvgIpc) is 3.15. The van der Waals surface area contributed by atoms with E-state index in [0.29, 0.717) is 0 Å². The van der Waals surface area contributed by atoms with Crippen molar-refractivity contribution in [1.29, 1.82) is 0 Å². The van der Waals surface area contributed by atoms with Gasteiger partial charge in [0.2, 0.25) is 6.79 Å². The molecule has 4 aromatic rings. The number of hydrogen-bond acceptors (Lipinski definition) is 3. The van der Waals surface area contributed by atoms with Crippen molar-refractivity contribution in [1.82, 2.24) is 4.98 Å². The molecular weight excluding hydrogens is 310 g/mol. The number of aromatic nitrogens is 1. The molecule has 0 N–H and O–H groups in total. The van der Waals surface area contributed by atoms with Crippen LogP contribution in [0.2, 0.25) is 0 Å². The molecule has 0 aliphatic carbocycles. The molecule has 3 aromatic carbocycles. The summed E-state index contributed by atoms with van der Waals surface area (Å²) in [6.45, 7) is 0.277. The molecule has 0 atom stereocenters. The van der Waals surface area contributed by atoms with Crippen molar-refractivity contribution in [3.05, 3.63) is 78.9 Å². The van der Waals surface area contributed by atoms with Crippen molar-refractivity contribution in [3.63, 3.8) is 0 Å². The normalized spacial score (nSPS) is 12.5. The molecule has 0 amide bonds. The molecule has 1 aromatic heterocycles. The molecule has 2 heterocycles. The third-order valence-electron chi connectivity index (χ3n) is 4.47. The van der Waals surface area contributed by atoms with E-state index in [4.69, 9.17) is 14.5 Å². The van der Waals surface area contributed by atoms with Crippen molar-refractivity contribution in [2.75, 3.05) is 6.79 Å². The van der Waals surface area contributed by atoms with Crippen molar-refractivity contribution in [2.24, 2.45) is 0 Å². The lowest BCUT2D eigenvalue weighted by molar-refractivity contribution is 0.174. The highest BCUT2D eigenvalue weighted by Crippen LogP contribution is 2.37. The Hall–Kier alpha value is -3.33. The molecule has 0 saturated heterocycles. The summed E-state index contributed by atoms with van der Waals surface area (Å²) in [5, 5.41) is 1.15. The van der Waals surface area contributed by atoms with Crippen LogP contribution in [0.3, 0.4) is 0 Å². The van der Waals surface area contributed by atoms with E-state index in [1.807, 2.05) is 30.3 Å². The molecule has 3 nitrogen and oxygen atoms in total. The van der Waals surface area contributed by atoms with Crippen LogP contribution in [-0.2, 0) is 0 Å². The molecule has 120 valence electrons. The summed E-state index contributed by atoms with van der Waals surface area (Å²) < 4.78 is 10.9. The third kappa shape index (κ3) is 2.41. The van der Waals surface area contributed by atoms with Gasteiger partial charge in [0.15, 0.2) is 11.5 Å². The molecule has 0 saturated carbocycles. The third-order valence-corrected chi connectivity index (χ3v) is 4.47. The van der Waals surface area contributed by atoms with Gasteiger partial charge < -0.3 is 9.47 Å². The molecule has 3 heteroatoms. The Morgan fingerprint density at radius 1 is 0.680 bits per heavy atom. The Bertz CT molecular complexity index is 1070. The summed E-state index contributed by atoms with van der Waals surface area (Å²) >= 11 is 0. The van der Waals surface area contributed by atoms with E-state index < -0.39 is 0 Å². The summed E-state index contributed by atoms with van der Waals surface area (Å²) in [6, 6.07) is 26.8. The summed E-state index contributed by atoms with van der Waals surface area (Å²) in [5.41, 5.74) is 5.29. The van der Waals surface area contributed by atoms with E-state index in [9.17, 15) is 0 Å². The van der Waals surface area contributed by atoms with Gasteiger partial charge in [-0.3, -0.25) is 0 Å². The highest BCUT2D eigenvalue weighted by atomic mass is 16.7. The van der Waals surface area contributed by atoms with Gasteiger partial charge in [-0.05, 0) is 41.5 Å². The number of rotatable bonds is 2. The zero-order valence-corrected chi connectivity index (χ0v) is 13.5. The van der Waals surface area contributed by atoms with Crippen LogP contribution in [0.4, 0.5) is 0 Å². The second-order valence-corrected chi connectivity index (χ2v) is 6.01. The van der Waals surface area contributed by atoms with Gasteiger partial charge in [0.25, 0.3) is 0 Å². The predicted molar refractivity (Wildman–Crippen MR) is 98.7 cm³/mol. The fraction of sp³-hybridized carbons (Fsp3) is 0.0455. The molecular formula is C22H15NO2. The largest absolute Gasteiger partial charge is 0.454 e. The molecule has 0 unspecified atom stereocenters. The van der Waals surface area contributed by atoms with Crippen LogP contribution in [-0.4, -0.2) is 11.8 Å². The quantitative estimate of drug-likeness (QED) is 0.501. The zero-order valence-electron chi connectivity index (χ0n) is 13.5. The summed E-state index contributed by atoms with van der Waals surface area (Å²) in [7, 11) is 0. The standard InChI is InChI=1S/C22H15NO2/c1-2-6-15(7-3-1)18-13-20(23-19-9-5-4-8-17(18)19)16-10-11-21-22(12-16)25-14-24-21/h1-13H,14H2. The number of nitrogens with zero attached hydrogens (tertiary/aromatic N) is 1. The number of pyridine rings is 1. The maximum absolute atomic E-state index is 5.51. The van der Waals surface area contributed by atoms with Crippen molar-refractivity contribution in [2.45, 2.75) is 0 Å². The minimum atomic E-state index is 0.277. The SMILES string of the molecule is c1ccc(-c2cc(-c3ccc4c(c3)OCO4)nc3ccccc23)cc1. The smallest absolute Gasteiger partial charge is 0.231 e. The fourth-order valence-corrected chi connectivity index (χ4v) is 3.24. The summed E-state index contributed by atoms with van der Waals surface area (Å²) in [4.78, 5) is 4.86. The first-order valence-corrected chi connectivity index (χ1v) is 8.24. The Labute approximate surface area is 145 Å². The van der Waals surface area contributed by atoms with Gasteiger partial charge in [0.1, 0.15) is 0 Å². The van der Waals surface area contributed by atoms with Crippen LogP contribution >= 0.6 is 0 Å². The summed E-state index contributed by atoms with van der Waals surface area (Å²) in [6.07, 6.45) is 0. The molecule has 1 aliphatic rings. The first kappa shape index (κ1) is 14.1. The van der Waals surface area contributed by atoms with Crippen LogP contribution in [0.25, 0.3) is 33.3 Å². The van der Waals surface area contributed by atoms with Gasteiger partial charge in [-0.15, -0.1) is 0 Å². The molecule has 0 radical (unpaired) electrons. The Morgan fingerprint density at radius 3 is 2.40 bits per heavy atom. The van der Waals surface area contributed by atoms with E-state index in [1.54, 1.807) is 0 Å². The van der Waals surface area contributed by atoms with E-state index in [2.05, 4.69) is 48.5 Å². The average molecular weight is 325 g/mol. The van der Waals surface area contributed by atoms with Crippen LogP contribution in [0.1, 0.15) is 0 Å². The number of benzene rings is 3. The molecule has 5 rings (SSSR count). The van der Waals surface area contributed by atoms with E-state index in [-0.39, 0.29) is 6.79 Å². The highest BCUT2D eigenvalue weighted by molar-refractivity contribution is 5.96. The topological polar surface area (TPSA) is 31.4 Å². The zero-order chi connectivity index (χ0) is 16.6. The lowest BCUT2D eigenvalue weighted by Gasteiger charge is -2.10. The maximum Gasteiger partial charge on any atom is 0.231 e. The Morgan fingerprint density at radius 2 is 1.48 bits per heavy atom. The molecule has 0 bridgehead atoms. The predicted octanol–water partition coefficient (Wildman–Crippen LogP) is 5.30. The van der Waals surface area contributed by atoms with Crippen LogP contribution in [0, 0.1) is 0 Å². The lowest BCUT2D eigenvalue weighted by atomic mass is 9.98. The second kappa shape index (κ2) is 5.64. The van der Waals surface area contributed by atoms with Gasteiger partial charge in [-0.2, -0.15) is 0 Å². The molecule has 0 fully saturated rings. The van der Waals surface area contributed by atoms with Gasteiger partial charge >= 0.3 is 0 Å². The highest BCUT2D eigenvalue weighted by Gasteiger charge is 2.15. The lowest BCUT2D eigenvalue weighted by Crippen LogP contribution is -1.93. The van der Waals surface area contributed by atoms with Crippen molar-refractivity contribution in [3.8, 4) is 33.9 Å². The minimum absolute atomic E-state index is 0.277. The van der Waals surface area contributed by atoms with E-state index >= 15 is 0 Å². The number of para-hydroxylation sites is 1. The van der Waals surface area contributed by atoms with Crippen LogP contribution in [0.5, 0.6) is 11.5 Å². The van der Waals surface area contributed by atoms with Gasteiger partial charge in [-0.1, -0.05) is 48.5 Å². The van der Waals surface area contributed by atoms with Crippen LogP contribution in [0.15, 0.2) is 78.9 Å². The van der Waals surface area contributed by atoms with Gasteiger partial charge in [0.05, 0.1) is 11.2 Å². The fourth-order valence-electron chi connectivity index (χ4n) is 3.24. The number of ether oxygens (including phenoxy) is 2. The van der Waals surface area contributed by atoms with E-state index in [0.717, 1.165) is 33.7 Å². The number of fused-ring (bicyclic) bond motifs is 2. The molecule has 25 heavy (non-hydrogen) atoms. The molecule has 0 spiro atoms. The summed E-state index contributed by atoms with van der Waals surface area (Å²) in [5.74, 6) is 1.56. The van der Waals surface area contributed by atoms with E-state index in [1.165, 1.54) is 11.1 Å². The number of hydrogen-bond donors (Lipinski definition) is 0. The second-order valence-electron chi connectivity index (χ2n) is 6.01. The Balaban J connectivity index is 1.74. The van der Waals surface area contributed by atoms with Crippen LogP contribution < -0.4 is 9.47 Å². The first-order valence-electron chi connectivity index (χ1n) is 8.24. The first-order chi connectivity index (χ1) is 12.4. The van der Waals surface area contributed by atoms with Gasteiger partial charge in [0, 0.05) is 10.9 Å². The van der Waals surface area contributed by atoms with Gasteiger partial charge in [-0.25, -0.2) is 4.98 Å². The maximum atomic E-state index is 5.51. The molecule has 1 aliphatic heterocycles. The minimum Gasteiger partial charge on any atom is -0.454 e. The monoisotopic (exact) mass is 325 g/mol. The Kier molecular flexibility index (Phi) is 3.17. The van der Waals surface area contributed by atoms with Crippen molar-refractivity contribution >= 4 is 10.9 Å². The van der Waals surface area contributed by atoms with Crippen molar-refractivity contribution < 1.29 is 9.47 Å².